The first-order chi connectivity index (χ1) is 12.2. The van der Waals surface area contributed by atoms with Crippen LogP contribution < -0.4 is 5.32 Å². The van der Waals surface area contributed by atoms with E-state index in [1.54, 1.807) is 6.20 Å². The van der Waals surface area contributed by atoms with Crippen LogP contribution in [0.3, 0.4) is 0 Å². The van der Waals surface area contributed by atoms with Crippen molar-refractivity contribution in [3.8, 4) is 0 Å². The van der Waals surface area contributed by atoms with Gasteiger partial charge < -0.3 is 9.88 Å². The van der Waals surface area contributed by atoms with Crippen molar-refractivity contribution in [2.24, 2.45) is 5.92 Å². The van der Waals surface area contributed by atoms with E-state index in [1.807, 2.05) is 13.1 Å². The molecule has 3 heterocycles. The topological polar surface area (TPSA) is 50.2 Å². The minimum absolute atomic E-state index is 0.108. The molecule has 2 aliphatic heterocycles. The summed E-state index contributed by atoms with van der Waals surface area (Å²) in [5.41, 5.74) is 1.35. The van der Waals surface area contributed by atoms with E-state index in [2.05, 4.69) is 50.1 Å². The zero-order valence-corrected chi connectivity index (χ0v) is 14.8. The summed E-state index contributed by atoms with van der Waals surface area (Å²) in [5.74, 6) is 1.31. The number of hydrogen-bond donors (Lipinski definition) is 1. The van der Waals surface area contributed by atoms with Gasteiger partial charge in [0.2, 0.25) is 5.91 Å². The maximum atomic E-state index is 12.8. The van der Waals surface area contributed by atoms with E-state index in [-0.39, 0.29) is 11.8 Å². The third-order valence-corrected chi connectivity index (χ3v) is 5.78. The van der Waals surface area contributed by atoms with Crippen molar-refractivity contribution < 1.29 is 4.79 Å². The van der Waals surface area contributed by atoms with E-state index < -0.39 is 0 Å². The Morgan fingerprint density at radius 3 is 2.92 bits per heavy atom. The van der Waals surface area contributed by atoms with Crippen molar-refractivity contribution in [3.05, 3.63) is 54.1 Å². The second kappa shape index (κ2) is 7.00. The Hall–Kier alpha value is -2.14. The molecule has 4 rings (SSSR count). The molecule has 0 spiro atoms. The molecule has 1 aromatic heterocycles. The summed E-state index contributed by atoms with van der Waals surface area (Å²) in [6.45, 7) is 4.54. The standard InChI is InChI=1S/C20H26N4O/c1-15-21-9-12-23(15)13-10-22-20(25)17-14-19(16-6-3-2-4-7-16)24-11-5-8-18(17)24/h2-4,6-7,9,12,17-19H,5,8,10-11,13-14H2,1H3,(H,22,25)/t17-,18+,19-/m0/s1. The molecule has 0 unspecified atom stereocenters. The highest BCUT2D eigenvalue weighted by molar-refractivity contribution is 5.80. The van der Waals surface area contributed by atoms with E-state index in [1.165, 1.54) is 12.0 Å². The van der Waals surface area contributed by atoms with Crippen LogP contribution in [0.4, 0.5) is 0 Å². The molecule has 1 N–H and O–H groups in total. The lowest BCUT2D eigenvalue weighted by Gasteiger charge is -2.24. The van der Waals surface area contributed by atoms with E-state index in [0.717, 1.165) is 31.8 Å². The fourth-order valence-corrected chi connectivity index (χ4v) is 4.52. The summed E-state index contributed by atoms with van der Waals surface area (Å²) in [5, 5.41) is 3.16. The number of carbonyl (C=O) groups excluding carboxylic acids is 1. The Balaban J connectivity index is 1.40. The number of benzene rings is 1. The average molecular weight is 338 g/mol. The Bertz CT molecular complexity index is 726. The van der Waals surface area contributed by atoms with Crippen molar-refractivity contribution >= 4 is 5.91 Å². The molecule has 2 aromatic rings. The van der Waals surface area contributed by atoms with Crippen molar-refractivity contribution in [3.63, 3.8) is 0 Å². The lowest BCUT2D eigenvalue weighted by molar-refractivity contribution is -0.125. The van der Waals surface area contributed by atoms with E-state index in [9.17, 15) is 4.79 Å². The quantitative estimate of drug-likeness (QED) is 0.911. The highest BCUT2D eigenvalue weighted by atomic mass is 16.2. The van der Waals surface area contributed by atoms with Crippen LogP contribution in [0.5, 0.6) is 0 Å². The highest BCUT2D eigenvalue weighted by Crippen LogP contribution is 2.44. The van der Waals surface area contributed by atoms with Crippen LogP contribution in [0, 0.1) is 12.8 Å². The zero-order valence-electron chi connectivity index (χ0n) is 14.8. The van der Waals surface area contributed by atoms with Gasteiger partial charge in [-0.05, 0) is 38.3 Å². The van der Waals surface area contributed by atoms with Crippen LogP contribution in [0.25, 0.3) is 0 Å². The summed E-state index contributed by atoms with van der Waals surface area (Å²) in [6, 6.07) is 11.4. The molecule has 0 saturated carbocycles. The molecule has 2 fully saturated rings. The lowest BCUT2D eigenvalue weighted by atomic mass is 9.93. The van der Waals surface area contributed by atoms with Gasteiger partial charge in [-0.2, -0.15) is 0 Å². The van der Waals surface area contributed by atoms with E-state index >= 15 is 0 Å². The van der Waals surface area contributed by atoms with Crippen LogP contribution in [-0.2, 0) is 11.3 Å². The summed E-state index contributed by atoms with van der Waals surface area (Å²) < 4.78 is 2.07. The normalized spacial score (nSPS) is 25.9. The Kier molecular flexibility index (Phi) is 4.57. The zero-order chi connectivity index (χ0) is 17.2. The van der Waals surface area contributed by atoms with E-state index in [0.29, 0.717) is 18.6 Å². The smallest absolute Gasteiger partial charge is 0.224 e. The van der Waals surface area contributed by atoms with Gasteiger partial charge in [0.1, 0.15) is 5.82 Å². The first-order valence-corrected chi connectivity index (χ1v) is 9.30. The summed E-state index contributed by atoms with van der Waals surface area (Å²) in [7, 11) is 0. The molecule has 5 nitrogen and oxygen atoms in total. The molecule has 25 heavy (non-hydrogen) atoms. The third kappa shape index (κ3) is 3.21. The van der Waals surface area contributed by atoms with Gasteiger partial charge in [-0.25, -0.2) is 4.98 Å². The number of rotatable bonds is 5. The van der Waals surface area contributed by atoms with Gasteiger partial charge in [0.25, 0.3) is 0 Å². The summed E-state index contributed by atoms with van der Waals surface area (Å²) in [4.78, 5) is 19.6. The Morgan fingerprint density at radius 2 is 2.16 bits per heavy atom. The molecule has 1 amide bonds. The predicted octanol–water partition coefficient (Wildman–Crippen LogP) is 2.53. The number of aromatic nitrogens is 2. The second-order valence-electron chi connectivity index (χ2n) is 7.17. The first kappa shape index (κ1) is 16.3. The van der Waals surface area contributed by atoms with Gasteiger partial charge in [0.15, 0.2) is 0 Å². The van der Waals surface area contributed by atoms with Crippen LogP contribution in [0.15, 0.2) is 42.7 Å². The second-order valence-corrected chi connectivity index (χ2v) is 7.17. The first-order valence-electron chi connectivity index (χ1n) is 9.30. The van der Waals surface area contributed by atoms with Gasteiger partial charge in [0, 0.05) is 37.6 Å². The molecular formula is C20H26N4O. The number of nitrogens with zero attached hydrogens (tertiary/aromatic N) is 3. The van der Waals surface area contributed by atoms with E-state index in [4.69, 9.17) is 0 Å². The van der Waals surface area contributed by atoms with Gasteiger partial charge >= 0.3 is 0 Å². The SMILES string of the molecule is Cc1nccn1CCNC(=O)[C@H]1C[C@@H](c2ccccc2)N2CCC[C@H]12. The molecule has 5 heteroatoms. The van der Waals surface area contributed by atoms with Crippen LogP contribution in [-0.4, -0.2) is 39.5 Å². The maximum absolute atomic E-state index is 12.8. The number of carbonyl (C=O) groups is 1. The number of hydrogen-bond acceptors (Lipinski definition) is 3. The van der Waals surface area contributed by atoms with Gasteiger partial charge in [-0.15, -0.1) is 0 Å². The van der Waals surface area contributed by atoms with Gasteiger partial charge in [0.05, 0.1) is 5.92 Å². The van der Waals surface area contributed by atoms with Crippen LogP contribution in [0.2, 0.25) is 0 Å². The third-order valence-electron chi connectivity index (χ3n) is 5.78. The highest BCUT2D eigenvalue weighted by Gasteiger charge is 2.46. The number of fused-ring (bicyclic) bond motifs is 1. The number of nitrogens with one attached hydrogen (secondary N) is 1. The predicted molar refractivity (Wildman–Crippen MR) is 97.0 cm³/mol. The van der Waals surface area contributed by atoms with Crippen molar-refractivity contribution in [1.29, 1.82) is 0 Å². The largest absolute Gasteiger partial charge is 0.354 e. The van der Waals surface area contributed by atoms with Crippen LogP contribution in [0.1, 0.15) is 36.7 Å². The monoisotopic (exact) mass is 338 g/mol. The molecule has 132 valence electrons. The maximum Gasteiger partial charge on any atom is 0.224 e. The number of amides is 1. The molecule has 0 bridgehead atoms. The summed E-state index contributed by atoms with van der Waals surface area (Å²) >= 11 is 0. The fraction of sp³-hybridized carbons (Fsp3) is 0.500. The molecule has 1 aromatic carbocycles. The van der Waals surface area contributed by atoms with Crippen molar-refractivity contribution in [1.82, 2.24) is 19.8 Å². The fourth-order valence-electron chi connectivity index (χ4n) is 4.52. The van der Waals surface area contributed by atoms with Crippen molar-refractivity contribution in [2.75, 3.05) is 13.1 Å². The van der Waals surface area contributed by atoms with Crippen LogP contribution >= 0.6 is 0 Å². The van der Waals surface area contributed by atoms with Crippen molar-refractivity contribution in [2.45, 2.75) is 44.8 Å². The molecule has 2 aliphatic rings. The molecule has 3 atom stereocenters. The van der Waals surface area contributed by atoms with Gasteiger partial charge in [-0.1, -0.05) is 30.3 Å². The molecule has 0 aliphatic carbocycles. The minimum atomic E-state index is 0.108. The average Bonchev–Trinajstić information content (AvgIpc) is 3.32. The lowest BCUT2D eigenvalue weighted by Crippen LogP contribution is -2.38. The molecule has 0 radical (unpaired) electrons. The number of aryl methyl sites for hydroxylation is 1. The minimum Gasteiger partial charge on any atom is -0.354 e. The number of imidazole rings is 1. The summed E-state index contributed by atoms with van der Waals surface area (Å²) in [6.07, 6.45) is 7.04. The molecular weight excluding hydrogens is 312 g/mol. The Labute approximate surface area is 149 Å². The Morgan fingerprint density at radius 1 is 1.32 bits per heavy atom. The molecule has 2 saturated heterocycles. The van der Waals surface area contributed by atoms with Gasteiger partial charge in [-0.3, -0.25) is 9.69 Å².